The van der Waals surface area contributed by atoms with Crippen LogP contribution in [0.25, 0.3) is 0 Å². The number of hydrogen-bond donors (Lipinski definition) is 2. The molecule has 1 aromatic rings. The summed E-state index contributed by atoms with van der Waals surface area (Å²) in [7, 11) is 1.60. The smallest absolute Gasteiger partial charge is 0.256 e. The molecule has 1 heterocycles. The maximum absolute atomic E-state index is 11.9. The minimum atomic E-state index is -0.599. The Morgan fingerprint density at radius 2 is 2.12 bits per heavy atom. The molecule has 0 radical (unpaired) electrons. The predicted molar refractivity (Wildman–Crippen MR) is 67.9 cm³/mol. The Balaban J connectivity index is 3.27. The third kappa shape index (κ3) is 2.66. The SMILES string of the molecule is CCCc1c(N)nc(C(C)(CC)OC)[nH]c1=O. The zero-order valence-electron chi connectivity index (χ0n) is 11.0. The molecule has 0 saturated heterocycles. The van der Waals surface area contributed by atoms with Crippen molar-refractivity contribution in [3.8, 4) is 0 Å². The summed E-state index contributed by atoms with van der Waals surface area (Å²) >= 11 is 0. The average molecular weight is 239 g/mol. The van der Waals surface area contributed by atoms with Crippen molar-refractivity contribution in [2.45, 2.75) is 45.6 Å². The highest BCUT2D eigenvalue weighted by Crippen LogP contribution is 2.25. The molecule has 0 bridgehead atoms. The van der Waals surface area contributed by atoms with Gasteiger partial charge in [-0.05, 0) is 19.8 Å². The van der Waals surface area contributed by atoms with Gasteiger partial charge in [0.2, 0.25) is 0 Å². The van der Waals surface area contributed by atoms with Crippen LogP contribution in [-0.2, 0) is 16.8 Å². The Bertz CT molecular complexity index is 436. The van der Waals surface area contributed by atoms with Crippen LogP contribution in [0.4, 0.5) is 5.82 Å². The van der Waals surface area contributed by atoms with Gasteiger partial charge in [0.25, 0.3) is 5.56 Å². The number of nitrogens with one attached hydrogen (secondary N) is 1. The van der Waals surface area contributed by atoms with Gasteiger partial charge in [-0.1, -0.05) is 20.3 Å². The number of methoxy groups -OCH3 is 1. The fourth-order valence-corrected chi connectivity index (χ4v) is 1.67. The van der Waals surface area contributed by atoms with Crippen LogP contribution in [-0.4, -0.2) is 17.1 Å². The second-order valence-corrected chi connectivity index (χ2v) is 4.32. The van der Waals surface area contributed by atoms with E-state index in [0.29, 0.717) is 30.0 Å². The minimum Gasteiger partial charge on any atom is -0.383 e. The number of aromatic nitrogens is 2. The lowest BCUT2D eigenvalue weighted by atomic mass is 10.0. The lowest BCUT2D eigenvalue weighted by Gasteiger charge is -2.25. The van der Waals surface area contributed by atoms with E-state index in [2.05, 4.69) is 9.97 Å². The molecule has 0 aromatic carbocycles. The van der Waals surface area contributed by atoms with Crippen molar-refractivity contribution in [3.05, 3.63) is 21.7 Å². The van der Waals surface area contributed by atoms with Crippen LogP contribution in [0.2, 0.25) is 0 Å². The fourth-order valence-electron chi connectivity index (χ4n) is 1.67. The summed E-state index contributed by atoms with van der Waals surface area (Å²) in [4.78, 5) is 18.9. The number of ether oxygens (including phenoxy) is 1. The van der Waals surface area contributed by atoms with Crippen molar-refractivity contribution >= 4 is 5.82 Å². The van der Waals surface area contributed by atoms with E-state index in [1.54, 1.807) is 7.11 Å². The molecule has 1 atom stereocenters. The lowest BCUT2D eigenvalue weighted by molar-refractivity contribution is -0.00908. The number of aromatic amines is 1. The van der Waals surface area contributed by atoms with Crippen LogP contribution in [0.15, 0.2) is 4.79 Å². The summed E-state index contributed by atoms with van der Waals surface area (Å²) in [6, 6.07) is 0. The quantitative estimate of drug-likeness (QED) is 0.817. The van der Waals surface area contributed by atoms with Crippen LogP contribution in [0.1, 0.15) is 45.0 Å². The molecular formula is C12H21N3O2. The molecule has 17 heavy (non-hydrogen) atoms. The van der Waals surface area contributed by atoms with Crippen LogP contribution < -0.4 is 11.3 Å². The first-order valence-electron chi connectivity index (χ1n) is 5.92. The van der Waals surface area contributed by atoms with E-state index in [1.807, 2.05) is 20.8 Å². The average Bonchev–Trinajstić information content (AvgIpc) is 2.32. The molecule has 1 aromatic heterocycles. The molecule has 96 valence electrons. The monoisotopic (exact) mass is 239 g/mol. The van der Waals surface area contributed by atoms with Crippen molar-refractivity contribution in [1.29, 1.82) is 0 Å². The standard InChI is InChI=1S/C12H21N3O2/c1-5-7-8-9(13)14-11(15-10(8)16)12(3,6-2)17-4/h5-7H2,1-4H3,(H3,13,14,15,16). The number of anilines is 1. The molecule has 0 saturated carbocycles. The van der Waals surface area contributed by atoms with Gasteiger partial charge in [0, 0.05) is 7.11 Å². The maximum Gasteiger partial charge on any atom is 0.256 e. The summed E-state index contributed by atoms with van der Waals surface area (Å²) in [6.07, 6.45) is 2.22. The number of hydrogen-bond acceptors (Lipinski definition) is 4. The Kier molecular flexibility index (Phi) is 4.28. The Morgan fingerprint density at radius 1 is 1.47 bits per heavy atom. The summed E-state index contributed by atoms with van der Waals surface area (Å²) in [5, 5.41) is 0. The predicted octanol–water partition coefficient (Wildman–Crippen LogP) is 1.58. The van der Waals surface area contributed by atoms with Gasteiger partial charge in [0.15, 0.2) is 0 Å². The second kappa shape index (κ2) is 5.31. The Labute approximate surface area is 101 Å². The molecule has 0 aliphatic rings. The number of nitrogens with two attached hydrogens (primary N) is 1. The minimum absolute atomic E-state index is 0.161. The van der Waals surface area contributed by atoms with Gasteiger partial charge in [-0.25, -0.2) is 4.98 Å². The van der Waals surface area contributed by atoms with Crippen molar-refractivity contribution in [3.63, 3.8) is 0 Å². The van der Waals surface area contributed by atoms with Gasteiger partial charge in [-0.3, -0.25) is 4.79 Å². The molecule has 0 fully saturated rings. The number of nitrogens with zero attached hydrogens (tertiary/aromatic N) is 1. The fraction of sp³-hybridized carbons (Fsp3) is 0.667. The normalized spacial score (nSPS) is 14.6. The van der Waals surface area contributed by atoms with Crippen molar-refractivity contribution in [2.24, 2.45) is 0 Å². The van der Waals surface area contributed by atoms with E-state index >= 15 is 0 Å². The van der Waals surface area contributed by atoms with Crippen LogP contribution in [0.5, 0.6) is 0 Å². The highest BCUT2D eigenvalue weighted by Gasteiger charge is 2.27. The molecular weight excluding hydrogens is 218 g/mol. The molecule has 0 amide bonds. The van der Waals surface area contributed by atoms with E-state index in [9.17, 15) is 4.79 Å². The summed E-state index contributed by atoms with van der Waals surface area (Å²) < 4.78 is 5.39. The molecule has 5 nitrogen and oxygen atoms in total. The third-order valence-electron chi connectivity index (χ3n) is 3.17. The van der Waals surface area contributed by atoms with Gasteiger partial charge < -0.3 is 15.5 Å². The molecule has 1 unspecified atom stereocenters. The van der Waals surface area contributed by atoms with Gasteiger partial charge in [-0.15, -0.1) is 0 Å². The molecule has 5 heteroatoms. The second-order valence-electron chi connectivity index (χ2n) is 4.32. The van der Waals surface area contributed by atoms with E-state index in [1.165, 1.54) is 0 Å². The zero-order chi connectivity index (χ0) is 13.1. The Hall–Kier alpha value is -1.36. The topological polar surface area (TPSA) is 81.0 Å². The van der Waals surface area contributed by atoms with E-state index < -0.39 is 5.60 Å². The Morgan fingerprint density at radius 3 is 2.53 bits per heavy atom. The van der Waals surface area contributed by atoms with E-state index in [4.69, 9.17) is 10.5 Å². The number of H-pyrrole nitrogens is 1. The van der Waals surface area contributed by atoms with Crippen molar-refractivity contribution in [1.82, 2.24) is 9.97 Å². The molecule has 0 aliphatic heterocycles. The number of nitrogen functional groups attached to an aromatic ring is 1. The molecule has 3 N–H and O–H groups in total. The first-order valence-corrected chi connectivity index (χ1v) is 5.92. The highest BCUT2D eigenvalue weighted by molar-refractivity contribution is 5.38. The van der Waals surface area contributed by atoms with Crippen molar-refractivity contribution in [2.75, 3.05) is 12.8 Å². The molecule has 0 spiro atoms. The lowest BCUT2D eigenvalue weighted by Crippen LogP contribution is -2.31. The zero-order valence-corrected chi connectivity index (χ0v) is 11.0. The van der Waals surface area contributed by atoms with Crippen LogP contribution in [0.3, 0.4) is 0 Å². The first-order chi connectivity index (χ1) is 7.98. The summed E-state index contributed by atoms with van der Waals surface area (Å²) in [5.41, 5.74) is 5.63. The van der Waals surface area contributed by atoms with E-state index in [0.717, 1.165) is 6.42 Å². The van der Waals surface area contributed by atoms with Gasteiger partial charge in [-0.2, -0.15) is 0 Å². The summed E-state index contributed by atoms with van der Waals surface area (Å²) in [5.74, 6) is 0.798. The number of rotatable bonds is 5. The summed E-state index contributed by atoms with van der Waals surface area (Å²) in [6.45, 7) is 5.85. The van der Waals surface area contributed by atoms with Gasteiger partial charge >= 0.3 is 0 Å². The maximum atomic E-state index is 11.9. The van der Waals surface area contributed by atoms with Gasteiger partial charge in [0.1, 0.15) is 17.2 Å². The highest BCUT2D eigenvalue weighted by atomic mass is 16.5. The van der Waals surface area contributed by atoms with E-state index in [-0.39, 0.29) is 5.56 Å². The molecule has 1 rings (SSSR count). The largest absolute Gasteiger partial charge is 0.383 e. The third-order valence-corrected chi connectivity index (χ3v) is 3.17. The van der Waals surface area contributed by atoms with Gasteiger partial charge in [0.05, 0.1) is 5.56 Å². The van der Waals surface area contributed by atoms with Crippen LogP contribution in [0, 0.1) is 0 Å². The van der Waals surface area contributed by atoms with Crippen LogP contribution >= 0.6 is 0 Å². The first kappa shape index (κ1) is 13.7. The van der Waals surface area contributed by atoms with Crippen molar-refractivity contribution < 1.29 is 4.74 Å². The molecule has 0 aliphatic carbocycles.